The van der Waals surface area contributed by atoms with Crippen LogP contribution in [0.5, 0.6) is 5.75 Å². The number of methoxy groups -OCH3 is 1. The van der Waals surface area contributed by atoms with Gasteiger partial charge in [0.25, 0.3) is 0 Å². The first-order valence-electron chi connectivity index (χ1n) is 9.69. The molecule has 2 aromatic carbocycles. The number of alkyl carbamates (subject to hydrolysis) is 1. The number of carbonyl (C=O) groups excluding carboxylic acids is 2. The predicted molar refractivity (Wildman–Crippen MR) is 113 cm³/mol. The number of hydrogen-bond acceptors (Lipinski definition) is 6. The maximum Gasteiger partial charge on any atom is 0.407 e. The third kappa shape index (κ3) is 7.75. The van der Waals surface area contributed by atoms with E-state index in [1.165, 1.54) is 7.11 Å². The highest BCUT2D eigenvalue weighted by Gasteiger charge is 2.19. The summed E-state index contributed by atoms with van der Waals surface area (Å²) in [4.78, 5) is 23.3. The van der Waals surface area contributed by atoms with Crippen LogP contribution in [0, 0.1) is 0 Å². The Bertz CT molecular complexity index is 824. The zero-order valence-corrected chi connectivity index (χ0v) is 17.8. The molecule has 162 valence electrons. The summed E-state index contributed by atoms with van der Waals surface area (Å²) in [5.41, 5.74) is 1.76. The van der Waals surface area contributed by atoms with E-state index in [1.807, 2.05) is 36.4 Å². The Balaban J connectivity index is 1.86. The molecule has 7 heteroatoms. The van der Waals surface area contributed by atoms with Gasteiger partial charge in [0, 0.05) is 0 Å². The first-order chi connectivity index (χ1) is 14.2. The fourth-order valence-electron chi connectivity index (χ4n) is 2.66. The van der Waals surface area contributed by atoms with Gasteiger partial charge in [-0.25, -0.2) is 9.59 Å². The van der Waals surface area contributed by atoms with Crippen molar-refractivity contribution in [1.82, 2.24) is 5.32 Å². The van der Waals surface area contributed by atoms with Crippen LogP contribution in [0.4, 0.5) is 4.79 Å². The molecule has 2 rings (SSSR count). The number of nitrogens with one attached hydrogen (secondary N) is 1. The third-order valence-corrected chi connectivity index (χ3v) is 4.13. The highest BCUT2D eigenvalue weighted by molar-refractivity contribution is 5.89. The van der Waals surface area contributed by atoms with Crippen molar-refractivity contribution in [3.05, 3.63) is 65.2 Å². The fourth-order valence-corrected chi connectivity index (χ4v) is 2.66. The molecule has 30 heavy (non-hydrogen) atoms. The molecule has 1 unspecified atom stereocenters. The van der Waals surface area contributed by atoms with Crippen molar-refractivity contribution in [2.24, 2.45) is 0 Å². The molecule has 0 aliphatic rings. The molecule has 0 radical (unpaired) electrons. The first-order valence-corrected chi connectivity index (χ1v) is 9.69. The van der Waals surface area contributed by atoms with E-state index in [9.17, 15) is 14.7 Å². The fraction of sp³-hybridized carbons (Fsp3) is 0.391. The van der Waals surface area contributed by atoms with E-state index in [-0.39, 0.29) is 12.6 Å². The molecule has 0 spiro atoms. The van der Waals surface area contributed by atoms with E-state index in [0.717, 1.165) is 11.1 Å². The summed E-state index contributed by atoms with van der Waals surface area (Å²) >= 11 is 0. The summed E-state index contributed by atoms with van der Waals surface area (Å²) < 4.78 is 15.7. The van der Waals surface area contributed by atoms with Crippen LogP contribution in [-0.4, -0.2) is 42.5 Å². The van der Waals surface area contributed by atoms with Crippen molar-refractivity contribution >= 4 is 12.1 Å². The SMILES string of the molecule is COC(=O)c1ccc(COc2ccc(CC(CO)NC(=O)OC(C)(C)C)cc2)cc1. The molecule has 0 fully saturated rings. The standard InChI is InChI=1S/C23H29NO6/c1-23(2,3)30-22(27)24-19(14-25)13-16-7-11-20(12-8-16)29-15-17-5-9-18(10-6-17)21(26)28-4/h5-12,19,25H,13-15H2,1-4H3,(H,24,27). The van der Waals surface area contributed by atoms with Crippen molar-refractivity contribution in [3.63, 3.8) is 0 Å². The lowest BCUT2D eigenvalue weighted by atomic mass is 10.1. The van der Waals surface area contributed by atoms with Crippen LogP contribution in [0.25, 0.3) is 0 Å². The van der Waals surface area contributed by atoms with Gasteiger partial charge < -0.3 is 24.6 Å². The lowest BCUT2D eigenvalue weighted by molar-refractivity contribution is 0.0482. The maximum atomic E-state index is 11.9. The van der Waals surface area contributed by atoms with Gasteiger partial charge in [-0.15, -0.1) is 0 Å². The molecule has 0 bridgehead atoms. The molecular formula is C23H29NO6. The first kappa shape index (κ1) is 23.2. The Morgan fingerprint density at radius 3 is 2.13 bits per heavy atom. The summed E-state index contributed by atoms with van der Waals surface area (Å²) in [7, 11) is 1.35. The van der Waals surface area contributed by atoms with Gasteiger partial charge in [-0.1, -0.05) is 24.3 Å². The Labute approximate surface area is 177 Å². The van der Waals surface area contributed by atoms with Gasteiger partial charge in [-0.05, 0) is 62.6 Å². The van der Waals surface area contributed by atoms with Crippen molar-refractivity contribution in [3.8, 4) is 5.75 Å². The quantitative estimate of drug-likeness (QED) is 0.641. The Morgan fingerprint density at radius 2 is 1.60 bits per heavy atom. The van der Waals surface area contributed by atoms with Crippen molar-refractivity contribution in [1.29, 1.82) is 0 Å². The number of benzene rings is 2. The summed E-state index contributed by atoms with van der Waals surface area (Å²) in [5, 5.41) is 12.2. The molecule has 0 aliphatic heterocycles. The molecule has 0 aromatic heterocycles. The van der Waals surface area contributed by atoms with Gasteiger partial charge in [0.05, 0.1) is 25.3 Å². The van der Waals surface area contributed by atoms with Gasteiger partial charge >= 0.3 is 12.1 Å². The Hall–Kier alpha value is -3.06. The van der Waals surface area contributed by atoms with Crippen LogP contribution in [0.15, 0.2) is 48.5 Å². The van der Waals surface area contributed by atoms with Crippen molar-refractivity contribution in [2.75, 3.05) is 13.7 Å². The monoisotopic (exact) mass is 415 g/mol. The van der Waals surface area contributed by atoms with E-state index >= 15 is 0 Å². The molecule has 2 aromatic rings. The number of rotatable bonds is 8. The average molecular weight is 415 g/mol. The second-order valence-corrected chi connectivity index (χ2v) is 7.85. The van der Waals surface area contributed by atoms with Crippen LogP contribution in [0.3, 0.4) is 0 Å². The number of aliphatic hydroxyl groups is 1. The van der Waals surface area contributed by atoms with E-state index < -0.39 is 17.7 Å². The second kappa shape index (κ2) is 10.6. The number of esters is 1. The minimum atomic E-state index is -0.595. The van der Waals surface area contributed by atoms with E-state index in [1.54, 1.807) is 32.9 Å². The van der Waals surface area contributed by atoms with Gasteiger partial charge in [-0.3, -0.25) is 0 Å². The number of ether oxygens (including phenoxy) is 3. The molecule has 0 saturated heterocycles. The highest BCUT2D eigenvalue weighted by Crippen LogP contribution is 2.16. The minimum absolute atomic E-state index is 0.195. The third-order valence-electron chi connectivity index (χ3n) is 4.13. The van der Waals surface area contributed by atoms with Gasteiger partial charge in [0.15, 0.2) is 0 Å². The zero-order chi connectivity index (χ0) is 22.1. The molecule has 0 saturated carbocycles. The van der Waals surface area contributed by atoms with Gasteiger partial charge in [0.2, 0.25) is 0 Å². The van der Waals surface area contributed by atoms with Crippen LogP contribution in [0.1, 0.15) is 42.3 Å². The zero-order valence-electron chi connectivity index (χ0n) is 17.8. The molecule has 2 N–H and O–H groups in total. The van der Waals surface area contributed by atoms with Crippen molar-refractivity contribution in [2.45, 2.75) is 45.4 Å². The number of aliphatic hydroxyl groups excluding tert-OH is 1. The highest BCUT2D eigenvalue weighted by atomic mass is 16.6. The van der Waals surface area contributed by atoms with Crippen LogP contribution in [-0.2, 0) is 22.5 Å². The van der Waals surface area contributed by atoms with Crippen LogP contribution in [0.2, 0.25) is 0 Å². The molecule has 0 aliphatic carbocycles. The normalized spacial score (nSPS) is 12.0. The molecular weight excluding hydrogens is 386 g/mol. The molecule has 1 amide bonds. The van der Waals surface area contributed by atoms with Crippen LogP contribution < -0.4 is 10.1 Å². The lowest BCUT2D eigenvalue weighted by Crippen LogP contribution is -2.42. The minimum Gasteiger partial charge on any atom is -0.489 e. The molecule has 0 heterocycles. The van der Waals surface area contributed by atoms with Crippen molar-refractivity contribution < 1.29 is 28.9 Å². The number of carbonyl (C=O) groups is 2. The van der Waals surface area contributed by atoms with Crippen LogP contribution >= 0.6 is 0 Å². The maximum absolute atomic E-state index is 11.9. The largest absolute Gasteiger partial charge is 0.489 e. The van der Waals surface area contributed by atoms with E-state index in [2.05, 4.69) is 10.1 Å². The van der Waals surface area contributed by atoms with Gasteiger partial charge in [0.1, 0.15) is 18.0 Å². The molecule has 1 atom stereocenters. The topological polar surface area (TPSA) is 94.1 Å². The Morgan fingerprint density at radius 1 is 1.00 bits per heavy atom. The predicted octanol–water partition coefficient (Wildman–Crippen LogP) is 3.48. The van der Waals surface area contributed by atoms with Gasteiger partial charge in [-0.2, -0.15) is 0 Å². The smallest absolute Gasteiger partial charge is 0.407 e. The van der Waals surface area contributed by atoms with E-state index in [0.29, 0.717) is 24.3 Å². The van der Waals surface area contributed by atoms with E-state index in [4.69, 9.17) is 9.47 Å². The summed E-state index contributed by atoms with van der Waals surface area (Å²) in [6.07, 6.45) is -0.0925. The lowest BCUT2D eigenvalue weighted by Gasteiger charge is -2.22. The Kier molecular flexibility index (Phi) is 8.24. The number of hydrogen-bond donors (Lipinski definition) is 2. The summed E-state index contributed by atoms with van der Waals surface area (Å²) in [6.45, 7) is 5.52. The average Bonchev–Trinajstić information content (AvgIpc) is 2.71. The molecule has 7 nitrogen and oxygen atoms in total. The summed E-state index contributed by atoms with van der Waals surface area (Å²) in [5.74, 6) is 0.317. The summed E-state index contributed by atoms with van der Waals surface area (Å²) in [6, 6.07) is 14.0. The second-order valence-electron chi connectivity index (χ2n) is 7.85. The number of amides is 1.